The second-order valence-electron chi connectivity index (χ2n) is 8.01. The van der Waals surface area contributed by atoms with Crippen LogP contribution in [0.2, 0.25) is 0 Å². The average Bonchev–Trinajstić information content (AvgIpc) is 3.47. The van der Waals surface area contributed by atoms with Gasteiger partial charge in [0.05, 0.1) is 25.0 Å². The number of alkyl halides is 3. The van der Waals surface area contributed by atoms with Crippen molar-refractivity contribution in [3.05, 3.63) is 65.6 Å². The minimum atomic E-state index is -4.47. The van der Waals surface area contributed by atoms with E-state index < -0.39 is 18.6 Å². The van der Waals surface area contributed by atoms with Crippen LogP contribution in [0.15, 0.2) is 58.5 Å². The van der Waals surface area contributed by atoms with E-state index in [1.54, 1.807) is 23.5 Å². The van der Waals surface area contributed by atoms with E-state index in [9.17, 15) is 18.0 Å². The summed E-state index contributed by atoms with van der Waals surface area (Å²) in [6.45, 7) is 1.86. The molecule has 0 radical (unpaired) electrons. The predicted molar refractivity (Wildman–Crippen MR) is 119 cm³/mol. The highest BCUT2D eigenvalue weighted by molar-refractivity contribution is 7.13. The first-order valence-electron chi connectivity index (χ1n) is 10.7. The van der Waals surface area contributed by atoms with Crippen LogP contribution in [0, 0.1) is 0 Å². The van der Waals surface area contributed by atoms with Gasteiger partial charge in [-0.15, -0.1) is 11.3 Å². The number of hydrogen-bond acceptors (Lipinski definition) is 6. The molecule has 0 bridgehead atoms. The molecule has 1 amide bonds. The molecule has 1 aromatic carbocycles. The van der Waals surface area contributed by atoms with Crippen molar-refractivity contribution in [3.8, 4) is 10.6 Å². The number of thiazole rings is 1. The fourth-order valence-corrected chi connectivity index (χ4v) is 4.58. The summed E-state index contributed by atoms with van der Waals surface area (Å²) in [6, 6.07) is 13.2. The van der Waals surface area contributed by atoms with Crippen LogP contribution in [-0.2, 0) is 17.9 Å². The molecule has 2 aromatic heterocycles. The van der Waals surface area contributed by atoms with Gasteiger partial charge in [-0.25, -0.2) is 4.98 Å². The molecule has 10 heteroatoms. The minimum Gasteiger partial charge on any atom is -0.467 e. The number of carbonyl (C=O) groups is 1. The molecule has 0 saturated carbocycles. The normalized spacial score (nSPS) is 15.6. The average molecular weight is 479 g/mol. The molecule has 3 heterocycles. The van der Waals surface area contributed by atoms with E-state index in [4.69, 9.17) is 9.40 Å². The number of hydrogen-bond donors (Lipinski definition) is 0. The zero-order valence-electron chi connectivity index (χ0n) is 18.0. The smallest absolute Gasteiger partial charge is 0.406 e. The SMILES string of the molecule is O=C(CN1CCN(Cc2csc(-c3ccccc3)n2)CC1)N(Cc1ccco1)CC(F)(F)F. The number of rotatable bonds is 8. The fraction of sp³-hybridized carbons (Fsp3) is 0.391. The topological polar surface area (TPSA) is 52.8 Å². The molecule has 6 nitrogen and oxygen atoms in total. The molecule has 0 N–H and O–H groups in total. The molecule has 176 valence electrons. The Morgan fingerprint density at radius 1 is 1.06 bits per heavy atom. The summed E-state index contributed by atoms with van der Waals surface area (Å²) in [7, 11) is 0. The number of carbonyl (C=O) groups excluding carboxylic acids is 1. The van der Waals surface area contributed by atoms with Crippen molar-refractivity contribution in [3.63, 3.8) is 0 Å². The Hall–Kier alpha value is -2.69. The fourth-order valence-electron chi connectivity index (χ4n) is 3.76. The van der Waals surface area contributed by atoms with Crippen LogP contribution in [0.5, 0.6) is 0 Å². The minimum absolute atomic E-state index is 0.0422. The third kappa shape index (κ3) is 6.89. The quantitative estimate of drug-likeness (QED) is 0.488. The van der Waals surface area contributed by atoms with Crippen molar-refractivity contribution in [2.45, 2.75) is 19.3 Å². The lowest BCUT2D eigenvalue weighted by Gasteiger charge is -2.35. The Morgan fingerprint density at radius 3 is 2.45 bits per heavy atom. The number of nitrogens with zero attached hydrogens (tertiary/aromatic N) is 4. The highest BCUT2D eigenvalue weighted by Crippen LogP contribution is 2.24. The number of piperazine rings is 1. The monoisotopic (exact) mass is 478 g/mol. The predicted octanol–water partition coefficient (Wildman–Crippen LogP) is 4.11. The summed E-state index contributed by atoms with van der Waals surface area (Å²) >= 11 is 1.61. The highest BCUT2D eigenvalue weighted by Gasteiger charge is 2.34. The first-order chi connectivity index (χ1) is 15.9. The number of halogens is 3. The third-order valence-electron chi connectivity index (χ3n) is 5.43. The number of aromatic nitrogens is 1. The van der Waals surface area contributed by atoms with E-state index in [2.05, 4.69) is 10.3 Å². The molecule has 0 atom stereocenters. The van der Waals surface area contributed by atoms with Gasteiger partial charge in [0.2, 0.25) is 5.91 Å². The van der Waals surface area contributed by atoms with Crippen molar-refractivity contribution in [1.82, 2.24) is 19.7 Å². The summed E-state index contributed by atoms with van der Waals surface area (Å²) in [5, 5.41) is 3.04. The van der Waals surface area contributed by atoms with Crippen LogP contribution in [0.1, 0.15) is 11.5 Å². The standard InChI is InChI=1S/C23H25F3N4O2S/c24-23(25,26)17-30(14-20-7-4-12-32-20)21(31)15-29-10-8-28(9-11-29)13-19-16-33-22(27-19)18-5-2-1-3-6-18/h1-7,12,16H,8-11,13-15,17H2. The summed E-state index contributed by atoms with van der Waals surface area (Å²) < 4.78 is 44.1. The van der Waals surface area contributed by atoms with E-state index in [1.807, 2.05) is 35.2 Å². The summed E-state index contributed by atoms with van der Waals surface area (Å²) in [5.41, 5.74) is 2.09. The van der Waals surface area contributed by atoms with Crippen molar-refractivity contribution < 1.29 is 22.4 Å². The lowest BCUT2D eigenvalue weighted by molar-refractivity contribution is -0.163. The van der Waals surface area contributed by atoms with Gasteiger partial charge < -0.3 is 9.32 Å². The Labute approximate surface area is 194 Å². The van der Waals surface area contributed by atoms with Gasteiger partial charge in [0, 0.05) is 43.7 Å². The van der Waals surface area contributed by atoms with E-state index in [1.165, 1.54) is 6.26 Å². The second kappa shape index (κ2) is 10.5. The lowest BCUT2D eigenvalue weighted by Crippen LogP contribution is -2.50. The summed E-state index contributed by atoms with van der Waals surface area (Å²) in [4.78, 5) is 22.3. The number of benzene rings is 1. The van der Waals surface area contributed by atoms with Crippen molar-refractivity contribution >= 4 is 17.2 Å². The van der Waals surface area contributed by atoms with Crippen LogP contribution in [0.4, 0.5) is 13.2 Å². The third-order valence-corrected chi connectivity index (χ3v) is 6.37. The first kappa shape index (κ1) is 23.5. The largest absolute Gasteiger partial charge is 0.467 e. The molecular formula is C23H25F3N4O2S. The van der Waals surface area contributed by atoms with Crippen molar-refractivity contribution in [2.75, 3.05) is 39.3 Å². The van der Waals surface area contributed by atoms with Gasteiger partial charge >= 0.3 is 6.18 Å². The second-order valence-corrected chi connectivity index (χ2v) is 8.86. The summed E-state index contributed by atoms with van der Waals surface area (Å²) in [5.74, 6) is -0.222. The maximum Gasteiger partial charge on any atom is 0.406 e. The van der Waals surface area contributed by atoms with Gasteiger partial charge in [-0.05, 0) is 12.1 Å². The van der Waals surface area contributed by atoms with Crippen LogP contribution in [0.25, 0.3) is 10.6 Å². The molecule has 1 aliphatic rings. The van der Waals surface area contributed by atoms with Gasteiger partial charge in [0.15, 0.2) is 0 Å². The van der Waals surface area contributed by atoms with Gasteiger partial charge in [-0.2, -0.15) is 13.2 Å². The van der Waals surface area contributed by atoms with Crippen LogP contribution >= 0.6 is 11.3 Å². The van der Waals surface area contributed by atoms with Crippen LogP contribution < -0.4 is 0 Å². The number of furan rings is 1. The number of amides is 1. The van der Waals surface area contributed by atoms with Gasteiger partial charge in [-0.1, -0.05) is 30.3 Å². The lowest BCUT2D eigenvalue weighted by atomic mass is 10.2. The van der Waals surface area contributed by atoms with E-state index in [-0.39, 0.29) is 13.1 Å². The zero-order chi connectivity index (χ0) is 23.3. The Morgan fingerprint density at radius 2 is 1.79 bits per heavy atom. The maximum atomic E-state index is 13.0. The molecule has 3 aromatic rings. The Kier molecular flexibility index (Phi) is 7.46. The van der Waals surface area contributed by atoms with E-state index in [0.717, 1.165) is 34.3 Å². The molecule has 33 heavy (non-hydrogen) atoms. The van der Waals surface area contributed by atoms with Crippen molar-refractivity contribution in [2.24, 2.45) is 0 Å². The molecule has 0 unspecified atom stereocenters. The molecular weight excluding hydrogens is 453 g/mol. The van der Waals surface area contributed by atoms with Gasteiger partial charge in [0.25, 0.3) is 0 Å². The van der Waals surface area contributed by atoms with Crippen LogP contribution in [0.3, 0.4) is 0 Å². The molecule has 1 saturated heterocycles. The van der Waals surface area contributed by atoms with Crippen LogP contribution in [-0.4, -0.2) is 71.0 Å². The summed E-state index contributed by atoms with van der Waals surface area (Å²) in [6.07, 6.45) is -3.08. The maximum absolute atomic E-state index is 13.0. The van der Waals surface area contributed by atoms with Gasteiger partial charge in [0.1, 0.15) is 17.3 Å². The molecule has 1 fully saturated rings. The van der Waals surface area contributed by atoms with Crippen molar-refractivity contribution in [1.29, 1.82) is 0 Å². The van der Waals surface area contributed by atoms with E-state index in [0.29, 0.717) is 25.4 Å². The zero-order valence-corrected chi connectivity index (χ0v) is 18.8. The molecule has 1 aliphatic heterocycles. The molecule has 0 spiro atoms. The van der Waals surface area contributed by atoms with Gasteiger partial charge in [-0.3, -0.25) is 14.6 Å². The van der Waals surface area contributed by atoms with E-state index >= 15 is 0 Å². The highest BCUT2D eigenvalue weighted by atomic mass is 32.1. The Bertz CT molecular complexity index is 1020. The Balaban J connectivity index is 1.27. The first-order valence-corrected chi connectivity index (χ1v) is 11.5. The molecule has 4 rings (SSSR count). The molecule has 0 aliphatic carbocycles.